The summed E-state index contributed by atoms with van der Waals surface area (Å²) in [4.78, 5) is 21.5. The number of furan rings is 1. The van der Waals surface area contributed by atoms with Crippen LogP contribution in [0.1, 0.15) is 16.9 Å². The smallest absolute Gasteiger partial charge is 0.433 e. The van der Waals surface area contributed by atoms with Crippen molar-refractivity contribution in [3.8, 4) is 5.75 Å². The first-order valence-corrected chi connectivity index (χ1v) is 7.36. The van der Waals surface area contributed by atoms with Gasteiger partial charge in [-0.15, -0.1) is 0 Å². The number of aryl methyl sites for hydroxylation is 2. The van der Waals surface area contributed by atoms with E-state index < -0.39 is 4.92 Å². The normalized spacial score (nSPS) is 10.8. The largest absolute Gasteiger partial charge is 0.491 e. The number of rotatable bonds is 7. The van der Waals surface area contributed by atoms with Crippen LogP contribution < -0.4 is 10.1 Å². The molecule has 24 heavy (non-hydrogen) atoms. The molecule has 126 valence electrons. The van der Waals surface area contributed by atoms with Crippen molar-refractivity contribution >= 4 is 17.9 Å². The van der Waals surface area contributed by atoms with E-state index in [1.807, 2.05) is 32.0 Å². The van der Waals surface area contributed by atoms with Gasteiger partial charge in [0.1, 0.15) is 23.0 Å². The number of amides is 1. The molecule has 0 atom stereocenters. The van der Waals surface area contributed by atoms with Gasteiger partial charge in [-0.25, -0.2) is 0 Å². The summed E-state index contributed by atoms with van der Waals surface area (Å²) in [6.07, 6.45) is 2.62. The van der Waals surface area contributed by atoms with Crippen molar-refractivity contribution in [1.29, 1.82) is 0 Å². The number of benzene rings is 1. The molecule has 1 aromatic carbocycles. The average molecular weight is 330 g/mol. The monoisotopic (exact) mass is 330 g/mol. The van der Waals surface area contributed by atoms with E-state index in [9.17, 15) is 14.9 Å². The number of hydrogen-bond donors (Lipinski definition) is 1. The highest BCUT2D eigenvalue weighted by atomic mass is 16.6. The van der Waals surface area contributed by atoms with Crippen molar-refractivity contribution in [2.24, 2.45) is 0 Å². The Morgan fingerprint density at radius 1 is 1.33 bits per heavy atom. The molecule has 2 rings (SSSR count). The van der Waals surface area contributed by atoms with Gasteiger partial charge in [0.15, 0.2) is 0 Å². The molecule has 1 N–H and O–H groups in total. The fourth-order valence-electron chi connectivity index (χ4n) is 2.04. The fraction of sp³-hybridized carbons (Fsp3) is 0.235. The maximum absolute atomic E-state index is 11.7. The topological polar surface area (TPSA) is 94.6 Å². The Kier molecular flexibility index (Phi) is 5.73. The minimum absolute atomic E-state index is 0.239. The molecule has 2 aromatic rings. The standard InChI is InChI=1S/C17H18N2O5/c1-12-3-6-15(13(2)11-12)23-10-9-18-16(20)7-4-14-5-8-17(24-14)19(21)22/h3-8,11H,9-10H2,1-2H3,(H,18,20)/b7-4+. The van der Waals surface area contributed by atoms with Crippen LogP contribution in [0.2, 0.25) is 0 Å². The van der Waals surface area contributed by atoms with Gasteiger partial charge in [0.25, 0.3) is 0 Å². The summed E-state index contributed by atoms with van der Waals surface area (Å²) in [5, 5.41) is 13.1. The van der Waals surface area contributed by atoms with E-state index in [1.54, 1.807) is 0 Å². The van der Waals surface area contributed by atoms with Gasteiger partial charge in [-0.1, -0.05) is 17.7 Å². The third-order valence-corrected chi connectivity index (χ3v) is 3.18. The van der Waals surface area contributed by atoms with Gasteiger partial charge < -0.3 is 14.5 Å². The zero-order valence-corrected chi connectivity index (χ0v) is 13.4. The molecule has 0 unspecified atom stereocenters. The number of carbonyl (C=O) groups is 1. The Balaban J connectivity index is 1.74. The summed E-state index contributed by atoms with van der Waals surface area (Å²) in [7, 11) is 0. The predicted molar refractivity (Wildman–Crippen MR) is 88.8 cm³/mol. The van der Waals surface area contributed by atoms with Crippen LogP contribution in [0.4, 0.5) is 5.88 Å². The van der Waals surface area contributed by atoms with E-state index in [0.717, 1.165) is 16.9 Å². The van der Waals surface area contributed by atoms with Crippen molar-refractivity contribution in [3.05, 3.63) is 63.4 Å². The maximum Gasteiger partial charge on any atom is 0.433 e. The van der Waals surface area contributed by atoms with Crippen LogP contribution >= 0.6 is 0 Å². The van der Waals surface area contributed by atoms with Gasteiger partial charge >= 0.3 is 5.88 Å². The SMILES string of the molecule is Cc1ccc(OCCNC(=O)/C=C/c2ccc([N+](=O)[O-])o2)c(C)c1. The number of nitrogens with one attached hydrogen (secondary N) is 1. The highest BCUT2D eigenvalue weighted by molar-refractivity contribution is 5.91. The van der Waals surface area contributed by atoms with E-state index in [-0.39, 0.29) is 17.6 Å². The second-order valence-corrected chi connectivity index (χ2v) is 5.17. The molecule has 0 spiro atoms. The van der Waals surface area contributed by atoms with E-state index in [2.05, 4.69) is 5.32 Å². The van der Waals surface area contributed by atoms with Gasteiger partial charge in [0.05, 0.1) is 12.6 Å². The number of hydrogen-bond acceptors (Lipinski definition) is 5. The predicted octanol–water partition coefficient (Wildman–Crippen LogP) is 3.01. The molecule has 0 bridgehead atoms. The Bertz CT molecular complexity index is 764. The van der Waals surface area contributed by atoms with Crippen LogP contribution in [0.15, 0.2) is 40.8 Å². The number of ether oxygens (including phenoxy) is 1. The first kappa shape index (κ1) is 17.3. The second kappa shape index (κ2) is 7.96. The lowest BCUT2D eigenvalue weighted by atomic mass is 10.1. The average Bonchev–Trinajstić information content (AvgIpc) is 3.00. The molecule has 1 aromatic heterocycles. The molecule has 0 aliphatic heterocycles. The molecule has 0 fully saturated rings. The van der Waals surface area contributed by atoms with Crippen LogP contribution in [-0.2, 0) is 4.79 Å². The molecule has 0 radical (unpaired) electrons. The van der Waals surface area contributed by atoms with E-state index in [0.29, 0.717) is 13.2 Å². The summed E-state index contributed by atoms with van der Waals surface area (Å²) >= 11 is 0. The molecule has 7 nitrogen and oxygen atoms in total. The highest BCUT2D eigenvalue weighted by Crippen LogP contribution is 2.18. The minimum atomic E-state index is -0.637. The van der Waals surface area contributed by atoms with Crippen LogP contribution in [0, 0.1) is 24.0 Å². The van der Waals surface area contributed by atoms with Crippen LogP contribution in [-0.4, -0.2) is 24.0 Å². The third kappa shape index (κ3) is 4.98. The fourth-order valence-corrected chi connectivity index (χ4v) is 2.04. The van der Waals surface area contributed by atoms with Gasteiger partial charge in [0, 0.05) is 6.08 Å². The van der Waals surface area contributed by atoms with E-state index in [4.69, 9.17) is 9.15 Å². The lowest BCUT2D eigenvalue weighted by Crippen LogP contribution is -2.26. The Morgan fingerprint density at radius 3 is 2.79 bits per heavy atom. The molecule has 0 saturated carbocycles. The first-order chi connectivity index (χ1) is 11.5. The van der Waals surface area contributed by atoms with Crippen LogP contribution in [0.5, 0.6) is 5.75 Å². The summed E-state index contributed by atoms with van der Waals surface area (Å²) in [6.45, 7) is 4.66. The van der Waals surface area contributed by atoms with E-state index in [1.165, 1.54) is 24.3 Å². The molecule has 1 amide bonds. The quantitative estimate of drug-likeness (QED) is 0.364. The highest BCUT2D eigenvalue weighted by Gasteiger charge is 2.10. The van der Waals surface area contributed by atoms with Crippen molar-refractivity contribution in [2.75, 3.05) is 13.2 Å². The third-order valence-electron chi connectivity index (χ3n) is 3.18. The van der Waals surface area contributed by atoms with Gasteiger partial charge in [-0.3, -0.25) is 14.9 Å². The van der Waals surface area contributed by atoms with E-state index >= 15 is 0 Å². The Hall–Kier alpha value is -3.09. The lowest BCUT2D eigenvalue weighted by molar-refractivity contribution is -0.402. The number of carbonyl (C=O) groups excluding carboxylic acids is 1. The maximum atomic E-state index is 11.7. The lowest BCUT2D eigenvalue weighted by Gasteiger charge is -2.09. The molecular weight excluding hydrogens is 312 g/mol. The summed E-state index contributed by atoms with van der Waals surface area (Å²) in [6, 6.07) is 8.54. The minimum Gasteiger partial charge on any atom is -0.491 e. The van der Waals surface area contributed by atoms with Gasteiger partial charge in [-0.05, 0) is 37.6 Å². The van der Waals surface area contributed by atoms with Crippen molar-refractivity contribution in [1.82, 2.24) is 5.32 Å². The van der Waals surface area contributed by atoms with Gasteiger partial charge in [0.2, 0.25) is 5.91 Å². The summed E-state index contributed by atoms with van der Waals surface area (Å²) in [5.41, 5.74) is 2.21. The Labute approximate surface area is 139 Å². The molecule has 0 saturated heterocycles. The van der Waals surface area contributed by atoms with Crippen molar-refractivity contribution < 1.29 is 18.9 Å². The zero-order chi connectivity index (χ0) is 17.5. The van der Waals surface area contributed by atoms with Crippen molar-refractivity contribution in [3.63, 3.8) is 0 Å². The van der Waals surface area contributed by atoms with Gasteiger partial charge in [-0.2, -0.15) is 0 Å². The summed E-state index contributed by atoms with van der Waals surface area (Å²) < 4.78 is 10.5. The van der Waals surface area contributed by atoms with Crippen LogP contribution in [0.3, 0.4) is 0 Å². The second-order valence-electron chi connectivity index (χ2n) is 5.17. The molecule has 0 aliphatic rings. The van der Waals surface area contributed by atoms with Crippen LogP contribution in [0.25, 0.3) is 6.08 Å². The zero-order valence-electron chi connectivity index (χ0n) is 13.4. The Morgan fingerprint density at radius 2 is 2.12 bits per heavy atom. The molecular formula is C17H18N2O5. The molecule has 1 heterocycles. The number of nitro groups is 1. The summed E-state index contributed by atoms with van der Waals surface area (Å²) in [5.74, 6) is 0.326. The first-order valence-electron chi connectivity index (χ1n) is 7.36. The van der Waals surface area contributed by atoms with Crippen molar-refractivity contribution in [2.45, 2.75) is 13.8 Å². The molecule has 7 heteroatoms. The molecule has 0 aliphatic carbocycles. The number of nitrogens with zero attached hydrogens (tertiary/aromatic N) is 1.